The third-order valence-corrected chi connectivity index (χ3v) is 2.16. The second-order valence-corrected chi connectivity index (χ2v) is 3.35. The highest BCUT2D eigenvalue weighted by Gasteiger charge is 2.03. The number of hydrogen-bond acceptors (Lipinski definition) is 2. The summed E-state index contributed by atoms with van der Waals surface area (Å²) in [5, 5.41) is 0. The zero-order chi connectivity index (χ0) is 13.5. The van der Waals surface area contributed by atoms with Gasteiger partial charge in [-0.3, -0.25) is 14.3 Å². The molecule has 2 aromatic rings. The summed E-state index contributed by atoms with van der Waals surface area (Å²) in [6, 6.07) is 9.12. The van der Waals surface area contributed by atoms with Crippen LogP contribution in [-0.4, -0.2) is 9.55 Å². The molecule has 0 fully saturated rings. The number of nitrogens with one attached hydrogen (secondary N) is 1. The first-order valence-corrected chi connectivity index (χ1v) is 5.70. The van der Waals surface area contributed by atoms with Crippen LogP contribution in [0.25, 0.3) is 0 Å². The van der Waals surface area contributed by atoms with Gasteiger partial charge in [0.2, 0.25) is 5.82 Å². The van der Waals surface area contributed by atoms with E-state index in [9.17, 15) is 14.0 Å². The maximum Gasteiger partial charge on any atom is 0.328 e. The Balaban J connectivity index is 0.000000771. The first-order chi connectivity index (χ1) is 8.66. The summed E-state index contributed by atoms with van der Waals surface area (Å²) in [4.78, 5) is 24.0. The lowest BCUT2D eigenvalue weighted by Crippen LogP contribution is -2.31. The van der Waals surface area contributed by atoms with E-state index in [-0.39, 0.29) is 6.54 Å². The second-order valence-electron chi connectivity index (χ2n) is 3.35. The lowest BCUT2D eigenvalue weighted by atomic mass is 10.2. The SMILES string of the molecule is CC.O=c1[nH]c(=O)n(Cc2ccccc2)cc1F. The minimum atomic E-state index is -0.991. The number of benzene rings is 1. The van der Waals surface area contributed by atoms with Crippen molar-refractivity contribution in [1.29, 1.82) is 0 Å². The summed E-state index contributed by atoms with van der Waals surface area (Å²) in [6.45, 7) is 4.23. The molecule has 1 aromatic heterocycles. The first-order valence-electron chi connectivity index (χ1n) is 5.70. The summed E-state index contributed by atoms with van der Waals surface area (Å²) in [5.41, 5.74) is -0.749. The molecule has 0 amide bonds. The van der Waals surface area contributed by atoms with Crippen LogP contribution in [0, 0.1) is 5.82 Å². The van der Waals surface area contributed by atoms with Crippen molar-refractivity contribution in [2.75, 3.05) is 0 Å². The quantitative estimate of drug-likeness (QED) is 0.882. The van der Waals surface area contributed by atoms with Crippen LogP contribution in [0.5, 0.6) is 0 Å². The van der Waals surface area contributed by atoms with Crippen LogP contribution in [0.4, 0.5) is 4.39 Å². The van der Waals surface area contributed by atoms with Gasteiger partial charge < -0.3 is 0 Å². The summed E-state index contributed by atoms with van der Waals surface area (Å²) in [7, 11) is 0. The van der Waals surface area contributed by atoms with Gasteiger partial charge in [-0.05, 0) is 5.56 Å². The zero-order valence-corrected chi connectivity index (χ0v) is 10.3. The fourth-order valence-corrected chi connectivity index (χ4v) is 1.38. The van der Waals surface area contributed by atoms with E-state index in [1.807, 2.05) is 49.2 Å². The van der Waals surface area contributed by atoms with Crippen molar-refractivity contribution in [3.05, 3.63) is 68.7 Å². The Morgan fingerprint density at radius 3 is 2.39 bits per heavy atom. The summed E-state index contributed by atoms with van der Waals surface area (Å²) >= 11 is 0. The molecule has 1 heterocycles. The topological polar surface area (TPSA) is 54.9 Å². The fraction of sp³-hybridized carbons (Fsp3) is 0.231. The van der Waals surface area contributed by atoms with Crippen molar-refractivity contribution >= 4 is 0 Å². The number of aromatic amines is 1. The highest BCUT2D eigenvalue weighted by molar-refractivity contribution is 5.15. The normalized spacial score (nSPS) is 9.50. The Bertz CT molecular complexity index is 602. The van der Waals surface area contributed by atoms with Crippen molar-refractivity contribution in [1.82, 2.24) is 9.55 Å². The highest BCUT2D eigenvalue weighted by atomic mass is 19.1. The van der Waals surface area contributed by atoms with Gasteiger partial charge in [-0.25, -0.2) is 4.79 Å². The third kappa shape index (κ3) is 3.41. The molecule has 0 bridgehead atoms. The molecule has 18 heavy (non-hydrogen) atoms. The van der Waals surface area contributed by atoms with Gasteiger partial charge in [-0.15, -0.1) is 0 Å². The van der Waals surface area contributed by atoms with Crippen LogP contribution < -0.4 is 11.2 Å². The van der Waals surface area contributed by atoms with E-state index in [0.29, 0.717) is 0 Å². The highest BCUT2D eigenvalue weighted by Crippen LogP contribution is 1.99. The van der Waals surface area contributed by atoms with Gasteiger partial charge in [0.05, 0.1) is 12.7 Å². The van der Waals surface area contributed by atoms with E-state index in [4.69, 9.17) is 0 Å². The molecule has 4 nitrogen and oxygen atoms in total. The van der Waals surface area contributed by atoms with Gasteiger partial charge in [0.25, 0.3) is 5.56 Å². The molecule has 1 aromatic carbocycles. The Labute approximate surface area is 104 Å². The number of hydrogen-bond donors (Lipinski definition) is 1. The molecule has 0 unspecified atom stereocenters. The van der Waals surface area contributed by atoms with E-state index in [1.54, 1.807) is 0 Å². The van der Waals surface area contributed by atoms with Crippen LogP contribution in [0.15, 0.2) is 46.1 Å². The third-order valence-electron chi connectivity index (χ3n) is 2.16. The van der Waals surface area contributed by atoms with Gasteiger partial charge >= 0.3 is 5.69 Å². The van der Waals surface area contributed by atoms with Gasteiger partial charge in [0.15, 0.2) is 0 Å². The number of H-pyrrole nitrogens is 1. The Kier molecular flexibility index (Phi) is 5.05. The predicted molar refractivity (Wildman–Crippen MR) is 68.2 cm³/mol. The van der Waals surface area contributed by atoms with Crippen molar-refractivity contribution in [3.8, 4) is 0 Å². The minimum absolute atomic E-state index is 0.230. The molecule has 0 atom stereocenters. The van der Waals surface area contributed by atoms with Gasteiger partial charge in [0.1, 0.15) is 0 Å². The number of aromatic nitrogens is 2. The molecule has 0 saturated heterocycles. The predicted octanol–water partition coefficient (Wildman–Crippen LogP) is 1.75. The van der Waals surface area contributed by atoms with Crippen LogP contribution in [-0.2, 0) is 6.54 Å². The molecule has 96 valence electrons. The van der Waals surface area contributed by atoms with Gasteiger partial charge in [-0.2, -0.15) is 4.39 Å². The second kappa shape index (κ2) is 6.54. The minimum Gasteiger partial charge on any atom is -0.293 e. The van der Waals surface area contributed by atoms with E-state index in [1.165, 1.54) is 0 Å². The standard InChI is InChI=1S/C11H9FN2O2.C2H6/c12-9-7-14(11(16)13-10(9)15)6-8-4-2-1-3-5-8;1-2/h1-5,7H,6H2,(H,13,15,16);1-2H3. The van der Waals surface area contributed by atoms with Gasteiger partial charge in [0, 0.05) is 0 Å². The van der Waals surface area contributed by atoms with Crippen LogP contribution in [0.1, 0.15) is 19.4 Å². The molecular formula is C13H15FN2O2. The molecule has 0 aliphatic heterocycles. The van der Waals surface area contributed by atoms with Crippen molar-refractivity contribution in [2.45, 2.75) is 20.4 Å². The lowest BCUT2D eigenvalue weighted by Gasteiger charge is -2.04. The zero-order valence-electron chi connectivity index (χ0n) is 10.3. The molecule has 0 spiro atoms. The van der Waals surface area contributed by atoms with Crippen LogP contribution in [0.2, 0.25) is 0 Å². The van der Waals surface area contributed by atoms with Crippen molar-refractivity contribution < 1.29 is 4.39 Å². The van der Waals surface area contributed by atoms with Crippen LogP contribution in [0.3, 0.4) is 0 Å². The van der Waals surface area contributed by atoms with E-state index in [0.717, 1.165) is 16.3 Å². The average molecular weight is 250 g/mol. The molecule has 5 heteroatoms. The van der Waals surface area contributed by atoms with E-state index >= 15 is 0 Å². The lowest BCUT2D eigenvalue weighted by molar-refractivity contribution is 0.566. The molecule has 2 rings (SSSR count). The smallest absolute Gasteiger partial charge is 0.293 e. The molecule has 1 N–H and O–H groups in total. The summed E-state index contributed by atoms with van der Waals surface area (Å²) in [5.74, 6) is -0.962. The monoisotopic (exact) mass is 250 g/mol. The summed E-state index contributed by atoms with van der Waals surface area (Å²) in [6.07, 6.45) is 0.911. The van der Waals surface area contributed by atoms with E-state index in [2.05, 4.69) is 0 Å². The first kappa shape index (κ1) is 13.9. The Morgan fingerprint density at radius 2 is 1.78 bits per heavy atom. The number of rotatable bonds is 2. The van der Waals surface area contributed by atoms with Crippen molar-refractivity contribution in [2.24, 2.45) is 0 Å². The average Bonchev–Trinajstić information content (AvgIpc) is 2.39. The molecule has 0 saturated carbocycles. The van der Waals surface area contributed by atoms with E-state index < -0.39 is 17.1 Å². The maximum absolute atomic E-state index is 13.0. The Hall–Kier alpha value is -2.17. The number of nitrogens with zero attached hydrogens (tertiary/aromatic N) is 1. The molecular weight excluding hydrogens is 235 g/mol. The largest absolute Gasteiger partial charge is 0.328 e. The summed E-state index contributed by atoms with van der Waals surface area (Å²) < 4.78 is 14.1. The number of halogens is 1. The molecule has 0 aliphatic carbocycles. The fourth-order valence-electron chi connectivity index (χ4n) is 1.38. The van der Waals surface area contributed by atoms with Gasteiger partial charge in [-0.1, -0.05) is 44.2 Å². The molecule has 0 radical (unpaired) electrons. The maximum atomic E-state index is 13.0. The molecule has 0 aliphatic rings. The van der Waals surface area contributed by atoms with Crippen molar-refractivity contribution in [3.63, 3.8) is 0 Å². The Morgan fingerprint density at radius 1 is 1.17 bits per heavy atom. The van der Waals surface area contributed by atoms with Crippen LogP contribution >= 0.6 is 0 Å².